The maximum Gasteiger partial charge on any atom is 0.259 e. The van der Waals surface area contributed by atoms with Crippen molar-refractivity contribution in [2.75, 3.05) is 6.54 Å². The summed E-state index contributed by atoms with van der Waals surface area (Å²) in [6.07, 6.45) is 3.91. The SMILES string of the molecule is Cc1sc2nc(CCNC(C)Cn3cncn3)[nH]c(=O)c2c1C. The Bertz CT molecular complexity index is 851. The van der Waals surface area contributed by atoms with Crippen molar-refractivity contribution in [2.45, 2.75) is 39.8 Å². The number of nitrogens with one attached hydrogen (secondary N) is 2. The molecule has 1 atom stereocenters. The summed E-state index contributed by atoms with van der Waals surface area (Å²) in [6, 6.07) is 0.262. The lowest BCUT2D eigenvalue weighted by atomic mass is 10.2. The highest BCUT2D eigenvalue weighted by atomic mass is 32.1. The third-order valence-electron chi connectivity index (χ3n) is 3.87. The minimum absolute atomic E-state index is 0.0393. The fourth-order valence-electron chi connectivity index (χ4n) is 2.53. The standard InChI is InChI=1S/C15H20N6OS/c1-9(6-21-8-16-7-18-21)17-5-4-12-19-14(22)13-10(2)11(3)23-15(13)20-12/h7-9,17H,4-6H2,1-3H3,(H,19,20,22). The summed E-state index contributed by atoms with van der Waals surface area (Å²) in [5.74, 6) is 0.726. The van der Waals surface area contributed by atoms with Crippen molar-refractivity contribution >= 4 is 21.6 Å². The van der Waals surface area contributed by atoms with Crippen LogP contribution in [0.5, 0.6) is 0 Å². The van der Waals surface area contributed by atoms with E-state index >= 15 is 0 Å². The number of nitrogens with zero attached hydrogens (tertiary/aromatic N) is 4. The zero-order valence-corrected chi connectivity index (χ0v) is 14.3. The number of aryl methyl sites for hydroxylation is 2. The zero-order valence-electron chi connectivity index (χ0n) is 13.5. The van der Waals surface area contributed by atoms with Gasteiger partial charge in [-0.3, -0.25) is 9.48 Å². The topological polar surface area (TPSA) is 88.5 Å². The maximum atomic E-state index is 12.2. The van der Waals surface area contributed by atoms with E-state index in [1.807, 2.05) is 13.8 Å². The minimum atomic E-state index is -0.0393. The van der Waals surface area contributed by atoms with Crippen molar-refractivity contribution in [2.24, 2.45) is 0 Å². The Kier molecular flexibility index (Phi) is 4.53. The van der Waals surface area contributed by atoms with Gasteiger partial charge in [0.2, 0.25) is 0 Å². The fraction of sp³-hybridized carbons (Fsp3) is 0.467. The molecule has 122 valence electrons. The van der Waals surface area contributed by atoms with Crippen molar-refractivity contribution < 1.29 is 0 Å². The molecule has 8 heteroatoms. The van der Waals surface area contributed by atoms with Crippen LogP contribution in [0.15, 0.2) is 17.4 Å². The van der Waals surface area contributed by atoms with Crippen molar-refractivity contribution in [3.05, 3.63) is 39.3 Å². The van der Waals surface area contributed by atoms with Gasteiger partial charge < -0.3 is 10.3 Å². The van der Waals surface area contributed by atoms with Crippen LogP contribution in [-0.2, 0) is 13.0 Å². The molecule has 3 rings (SSSR count). The van der Waals surface area contributed by atoms with Crippen LogP contribution >= 0.6 is 11.3 Å². The number of fused-ring (bicyclic) bond motifs is 1. The third kappa shape index (κ3) is 3.48. The summed E-state index contributed by atoms with van der Waals surface area (Å²) in [5.41, 5.74) is 0.993. The lowest BCUT2D eigenvalue weighted by molar-refractivity contribution is 0.452. The Hall–Kier alpha value is -2.06. The number of aromatic amines is 1. The van der Waals surface area contributed by atoms with E-state index in [2.05, 4.69) is 32.3 Å². The zero-order chi connectivity index (χ0) is 16.4. The number of hydrogen-bond acceptors (Lipinski definition) is 6. The summed E-state index contributed by atoms with van der Waals surface area (Å²) in [7, 11) is 0. The summed E-state index contributed by atoms with van der Waals surface area (Å²) in [6.45, 7) is 7.58. The van der Waals surface area contributed by atoms with E-state index in [0.29, 0.717) is 6.42 Å². The molecular formula is C15H20N6OS. The first-order chi connectivity index (χ1) is 11.0. The predicted molar refractivity (Wildman–Crippen MR) is 90.9 cm³/mol. The van der Waals surface area contributed by atoms with Gasteiger partial charge in [-0.2, -0.15) is 5.10 Å². The quantitative estimate of drug-likeness (QED) is 0.712. The van der Waals surface area contributed by atoms with E-state index in [4.69, 9.17) is 0 Å². The summed E-state index contributed by atoms with van der Waals surface area (Å²) in [4.78, 5) is 25.6. The second-order valence-electron chi connectivity index (χ2n) is 5.70. The molecular weight excluding hydrogens is 312 g/mol. The average Bonchev–Trinajstić information content (AvgIpc) is 3.08. The molecule has 0 aliphatic rings. The Morgan fingerprint density at radius 2 is 2.26 bits per heavy atom. The van der Waals surface area contributed by atoms with E-state index in [-0.39, 0.29) is 11.6 Å². The van der Waals surface area contributed by atoms with Gasteiger partial charge in [0, 0.05) is 23.9 Å². The van der Waals surface area contributed by atoms with Gasteiger partial charge in [-0.15, -0.1) is 11.3 Å². The molecule has 0 saturated heterocycles. The minimum Gasteiger partial charge on any atom is -0.312 e. The summed E-state index contributed by atoms with van der Waals surface area (Å²) >= 11 is 1.58. The fourth-order valence-corrected chi connectivity index (χ4v) is 3.58. The first-order valence-corrected chi connectivity index (χ1v) is 8.41. The van der Waals surface area contributed by atoms with Gasteiger partial charge in [0.1, 0.15) is 23.3 Å². The Morgan fingerprint density at radius 1 is 1.43 bits per heavy atom. The monoisotopic (exact) mass is 332 g/mol. The van der Waals surface area contributed by atoms with Gasteiger partial charge in [-0.1, -0.05) is 0 Å². The van der Waals surface area contributed by atoms with Crippen LogP contribution in [0.1, 0.15) is 23.2 Å². The largest absolute Gasteiger partial charge is 0.312 e. The molecule has 0 radical (unpaired) electrons. The molecule has 0 saturated carbocycles. The van der Waals surface area contributed by atoms with Crippen molar-refractivity contribution in [1.82, 2.24) is 30.0 Å². The van der Waals surface area contributed by atoms with Gasteiger partial charge in [0.25, 0.3) is 5.56 Å². The average molecular weight is 332 g/mol. The highest BCUT2D eigenvalue weighted by Crippen LogP contribution is 2.25. The van der Waals surface area contributed by atoms with E-state index in [0.717, 1.165) is 39.6 Å². The molecule has 0 aliphatic heterocycles. The molecule has 2 N–H and O–H groups in total. The maximum absolute atomic E-state index is 12.2. The van der Waals surface area contributed by atoms with Crippen LogP contribution < -0.4 is 10.9 Å². The van der Waals surface area contributed by atoms with Crippen LogP contribution in [0.25, 0.3) is 10.2 Å². The summed E-state index contributed by atoms with van der Waals surface area (Å²) < 4.78 is 1.79. The first-order valence-electron chi connectivity index (χ1n) is 7.59. The van der Waals surface area contributed by atoms with Gasteiger partial charge in [0.05, 0.1) is 11.9 Å². The molecule has 3 heterocycles. The smallest absolute Gasteiger partial charge is 0.259 e. The van der Waals surface area contributed by atoms with E-state index in [9.17, 15) is 4.79 Å². The van der Waals surface area contributed by atoms with Gasteiger partial charge in [-0.05, 0) is 26.3 Å². The molecule has 23 heavy (non-hydrogen) atoms. The van der Waals surface area contributed by atoms with E-state index in [1.54, 1.807) is 22.3 Å². The molecule has 1 unspecified atom stereocenters. The van der Waals surface area contributed by atoms with Crippen LogP contribution in [0, 0.1) is 13.8 Å². The lowest BCUT2D eigenvalue weighted by Gasteiger charge is -2.13. The molecule has 3 aromatic rings. The second-order valence-corrected chi connectivity index (χ2v) is 6.90. The van der Waals surface area contributed by atoms with E-state index in [1.165, 1.54) is 6.33 Å². The van der Waals surface area contributed by atoms with Gasteiger partial charge >= 0.3 is 0 Å². The van der Waals surface area contributed by atoms with Gasteiger partial charge in [-0.25, -0.2) is 9.97 Å². The summed E-state index contributed by atoms with van der Waals surface area (Å²) in [5, 5.41) is 8.22. The molecule has 0 aliphatic carbocycles. The van der Waals surface area contributed by atoms with Crippen LogP contribution in [0.2, 0.25) is 0 Å². The Balaban J connectivity index is 1.62. The molecule has 7 nitrogen and oxygen atoms in total. The Morgan fingerprint density at radius 3 is 3.00 bits per heavy atom. The van der Waals surface area contributed by atoms with E-state index < -0.39 is 0 Å². The molecule has 0 bridgehead atoms. The number of aromatic nitrogens is 5. The highest BCUT2D eigenvalue weighted by molar-refractivity contribution is 7.18. The number of thiophene rings is 1. The predicted octanol–water partition coefficient (Wildman–Crippen LogP) is 1.41. The first kappa shape index (κ1) is 15.8. The lowest BCUT2D eigenvalue weighted by Crippen LogP contribution is -2.32. The molecule has 0 spiro atoms. The number of H-pyrrole nitrogens is 1. The van der Waals surface area contributed by atoms with Crippen LogP contribution in [0.4, 0.5) is 0 Å². The van der Waals surface area contributed by atoms with Crippen LogP contribution in [0.3, 0.4) is 0 Å². The molecule has 0 fully saturated rings. The normalized spacial score (nSPS) is 12.8. The van der Waals surface area contributed by atoms with Crippen molar-refractivity contribution in [3.8, 4) is 0 Å². The molecule has 0 amide bonds. The molecule has 0 aromatic carbocycles. The molecule has 3 aromatic heterocycles. The van der Waals surface area contributed by atoms with Crippen molar-refractivity contribution in [1.29, 1.82) is 0 Å². The van der Waals surface area contributed by atoms with Gasteiger partial charge in [0.15, 0.2) is 0 Å². The van der Waals surface area contributed by atoms with Crippen molar-refractivity contribution in [3.63, 3.8) is 0 Å². The number of rotatable bonds is 6. The Labute approximate surface area is 137 Å². The number of hydrogen-bond donors (Lipinski definition) is 2. The third-order valence-corrected chi connectivity index (χ3v) is 4.97. The highest BCUT2D eigenvalue weighted by Gasteiger charge is 2.12. The second kappa shape index (κ2) is 6.59. The van der Waals surface area contributed by atoms with Crippen LogP contribution in [-0.4, -0.2) is 37.3 Å².